The fraction of sp³-hybridized carbons (Fsp3) is 0.533. The molecule has 0 N–H and O–H groups in total. The number of hydroxylamine groups is 2. The summed E-state index contributed by atoms with van der Waals surface area (Å²) in [5, 5.41) is 1.53. The number of carbonyl (C=O) groups excluding carboxylic acids is 1. The molecule has 1 atom stereocenters. The molecular weight excluding hydrogens is 306 g/mol. The van der Waals surface area contributed by atoms with Gasteiger partial charge in [0.05, 0.1) is 18.0 Å². The summed E-state index contributed by atoms with van der Waals surface area (Å²) in [5.41, 5.74) is -0.736. The van der Waals surface area contributed by atoms with Crippen molar-refractivity contribution in [3.63, 3.8) is 0 Å². The Balaban J connectivity index is 0.00000192. The summed E-state index contributed by atoms with van der Waals surface area (Å²) in [5.74, 6) is -0.0293. The van der Waals surface area contributed by atoms with Gasteiger partial charge in [-0.1, -0.05) is 6.07 Å². The number of alkyl halides is 3. The molecule has 1 aromatic carbocycles. The monoisotopic (exact) mass is 322 g/mol. The van der Waals surface area contributed by atoms with Crippen molar-refractivity contribution in [1.82, 2.24) is 5.06 Å². The van der Waals surface area contributed by atoms with E-state index in [1.54, 1.807) is 0 Å². The van der Waals surface area contributed by atoms with Crippen LogP contribution in [0.15, 0.2) is 24.3 Å². The average Bonchev–Trinajstić information content (AvgIpc) is 3.22. The van der Waals surface area contributed by atoms with Gasteiger partial charge in [0.2, 0.25) is 0 Å². The van der Waals surface area contributed by atoms with E-state index in [1.165, 1.54) is 17.2 Å². The van der Waals surface area contributed by atoms with Crippen LogP contribution in [0.1, 0.15) is 24.8 Å². The first-order valence-corrected chi connectivity index (χ1v) is 7.22. The molecular formula is C15H16F3LiNO3. The van der Waals surface area contributed by atoms with Gasteiger partial charge in [0.15, 0.2) is 0 Å². The second-order valence-corrected chi connectivity index (χ2v) is 5.63. The second-order valence-electron chi connectivity index (χ2n) is 5.63. The summed E-state index contributed by atoms with van der Waals surface area (Å²) in [7, 11) is 0. The third-order valence-corrected chi connectivity index (χ3v) is 3.70. The van der Waals surface area contributed by atoms with E-state index in [2.05, 4.69) is 0 Å². The van der Waals surface area contributed by atoms with Crippen molar-refractivity contribution in [3.8, 4) is 5.75 Å². The number of nitrogens with zero attached hydrogens (tertiary/aromatic N) is 1. The van der Waals surface area contributed by atoms with E-state index in [0.717, 1.165) is 25.0 Å². The summed E-state index contributed by atoms with van der Waals surface area (Å²) in [6, 6.07) is 4.80. The largest absolute Gasteiger partial charge is 0.489 e. The molecule has 1 saturated heterocycles. The first-order chi connectivity index (χ1) is 10.4. The van der Waals surface area contributed by atoms with Gasteiger partial charge in [0.25, 0.3) is 0 Å². The molecule has 0 aromatic heterocycles. The standard InChI is InChI=1S/C15H16F3NO3.Li/c16-15(17,18)11-2-1-3-12(8-11)21-13-6-7-19(9-13)22-14(20)10-4-5-10;/h1-3,8,10,13H,4-7,9H2;/t13-;/m1./s1. The minimum absolute atomic E-state index is 0. The Labute approximate surface area is 144 Å². The van der Waals surface area contributed by atoms with Crippen molar-refractivity contribution >= 4 is 24.8 Å². The third kappa shape index (κ3) is 4.90. The Morgan fingerprint density at radius 2 is 1.96 bits per heavy atom. The zero-order chi connectivity index (χ0) is 15.7. The Kier molecular flexibility index (Phi) is 5.66. The van der Waals surface area contributed by atoms with E-state index in [-0.39, 0.29) is 42.6 Å². The quantitative estimate of drug-likeness (QED) is 0.799. The van der Waals surface area contributed by atoms with Gasteiger partial charge in [-0.3, -0.25) is 4.79 Å². The van der Waals surface area contributed by atoms with Crippen molar-refractivity contribution < 1.29 is 27.5 Å². The maximum absolute atomic E-state index is 12.6. The van der Waals surface area contributed by atoms with Gasteiger partial charge in [-0.05, 0) is 31.0 Å². The van der Waals surface area contributed by atoms with E-state index in [9.17, 15) is 18.0 Å². The summed E-state index contributed by atoms with van der Waals surface area (Å²) in [4.78, 5) is 16.8. The van der Waals surface area contributed by atoms with Gasteiger partial charge in [-0.15, -0.1) is 5.06 Å². The number of benzene rings is 1. The van der Waals surface area contributed by atoms with Crippen LogP contribution in [0.3, 0.4) is 0 Å². The number of hydrogen-bond donors (Lipinski definition) is 0. The molecule has 1 saturated carbocycles. The summed E-state index contributed by atoms with van der Waals surface area (Å²) < 4.78 is 43.5. The van der Waals surface area contributed by atoms with Crippen LogP contribution in [-0.2, 0) is 15.8 Å². The molecule has 3 rings (SSSR count). The molecule has 2 fully saturated rings. The predicted octanol–water partition coefficient (Wildman–Crippen LogP) is 2.65. The zero-order valence-electron chi connectivity index (χ0n) is 12.8. The number of carbonyl (C=O) groups is 1. The smallest absolute Gasteiger partial charge is 0.416 e. The Bertz CT molecular complexity index is 563. The molecule has 1 aliphatic heterocycles. The molecule has 0 bridgehead atoms. The van der Waals surface area contributed by atoms with Crippen LogP contribution in [0.5, 0.6) is 5.75 Å². The topological polar surface area (TPSA) is 38.8 Å². The van der Waals surface area contributed by atoms with Gasteiger partial charge < -0.3 is 9.57 Å². The van der Waals surface area contributed by atoms with Crippen LogP contribution >= 0.6 is 0 Å². The van der Waals surface area contributed by atoms with Crippen molar-refractivity contribution in [1.29, 1.82) is 0 Å². The van der Waals surface area contributed by atoms with E-state index in [1.807, 2.05) is 0 Å². The van der Waals surface area contributed by atoms with Crippen molar-refractivity contribution in [2.24, 2.45) is 5.92 Å². The van der Waals surface area contributed by atoms with Crippen molar-refractivity contribution in [2.45, 2.75) is 31.5 Å². The first-order valence-electron chi connectivity index (χ1n) is 7.22. The summed E-state index contributed by atoms with van der Waals surface area (Å²) in [6.07, 6.45) is -2.32. The van der Waals surface area contributed by atoms with E-state index < -0.39 is 11.7 Å². The van der Waals surface area contributed by atoms with Crippen LogP contribution in [0.4, 0.5) is 13.2 Å². The van der Waals surface area contributed by atoms with Crippen molar-refractivity contribution in [2.75, 3.05) is 13.1 Å². The van der Waals surface area contributed by atoms with Gasteiger partial charge >= 0.3 is 12.1 Å². The Hall–Kier alpha value is -1.16. The van der Waals surface area contributed by atoms with Crippen LogP contribution in [0, 0.1) is 5.92 Å². The predicted molar refractivity (Wildman–Crippen MR) is 76.6 cm³/mol. The van der Waals surface area contributed by atoms with Gasteiger partial charge in [-0.25, -0.2) is 0 Å². The normalized spacial score (nSPS) is 21.6. The van der Waals surface area contributed by atoms with Gasteiger partial charge in [0.1, 0.15) is 11.9 Å². The second kappa shape index (κ2) is 7.16. The average molecular weight is 322 g/mol. The number of ether oxygens (including phenoxy) is 1. The third-order valence-electron chi connectivity index (χ3n) is 3.70. The first kappa shape index (κ1) is 18.2. The van der Waals surface area contributed by atoms with Crippen LogP contribution < -0.4 is 4.74 Å². The molecule has 1 aromatic rings. The zero-order valence-corrected chi connectivity index (χ0v) is 12.8. The number of halogens is 3. The molecule has 0 amide bonds. The number of hydrogen-bond acceptors (Lipinski definition) is 4. The molecule has 1 aliphatic carbocycles. The maximum Gasteiger partial charge on any atom is 0.416 e. The molecule has 1 radical (unpaired) electrons. The Morgan fingerprint density at radius 1 is 1.22 bits per heavy atom. The summed E-state index contributed by atoms with van der Waals surface area (Å²) in [6.45, 7) is 0.900. The molecule has 8 heteroatoms. The minimum atomic E-state index is -4.39. The van der Waals surface area contributed by atoms with Gasteiger partial charge in [0, 0.05) is 31.8 Å². The van der Waals surface area contributed by atoms with E-state index >= 15 is 0 Å². The van der Waals surface area contributed by atoms with Crippen LogP contribution in [0.2, 0.25) is 0 Å². The van der Waals surface area contributed by atoms with Crippen LogP contribution in [-0.4, -0.2) is 49.1 Å². The summed E-state index contributed by atoms with van der Waals surface area (Å²) >= 11 is 0. The maximum atomic E-state index is 12.6. The molecule has 121 valence electrons. The molecule has 4 nitrogen and oxygen atoms in total. The molecule has 0 spiro atoms. The van der Waals surface area contributed by atoms with Gasteiger partial charge in [-0.2, -0.15) is 13.2 Å². The van der Waals surface area contributed by atoms with Crippen LogP contribution in [0.25, 0.3) is 0 Å². The fourth-order valence-corrected chi connectivity index (χ4v) is 2.34. The molecule has 1 heterocycles. The molecule has 23 heavy (non-hydrogen) atoms. The van der Waals surface area contributed by atoms with E-state index in [0.29, 0.717) is 19.5 Å². The molecule has 2 aliphatic rings. The minimum Gasteiger partial charge on any atom is -0.489 e. The SMILES string of the molecule is O=C(ON1CC[C@@H](Oc2cccc(C(F)(F)F)c2)C1)C1CC1.[Li]. The molecule has 0 unspecified atom stereocenters. The number of rotatable bonds is 4. The fourth-order valence-electron chi connectivity index (χ4n) is 2.34. The van der Waals surface area contributed by atoms with E-state index in [4.69, 9.17) is 9.57 Å². The van der Waals surface area contributed by atoms with Crippen molar-refractivity contribution in [3.05, 3.63) is 29.8 Å². The Morgan fingerprint density at radius 3 is 2.61 bits per heavy atom.